The molecule has 0 aromatic heterocycles. The number of fused-ring (bicyclic) bond motifs is 1. The molecule has 1 aliphatic carbocycles. The van der Waals surface area contributed by atoms with E-state index >= 15 is 0 Å². The standard InChI is InChI=1S/C14H15F3N2O/c15-14(16,17)13(5-6-13)19-12(20)10-7-9-3-1-2-4-11(9)18-8-10/h1-4,10,18H,5-8H2,(H,19,20). The number of nitrogens with one attached hydrogen (secondary N) is 2. The summed E-state index contributed by atoms with van der Waals surface area (Å²) < 4.78 is 38.5. The van der Waals surface area contributed by atoms with Crippen LogP contribution in [0.2, 0.25) is 0 Å². The van der Waals surface area contributed by atoms with Gasteiger partial charge in [0.25, 0.3) is 0 Å². The summed E-state index contributed by atoms with van der Waals surface area (Å²) >= 11 is 0. The zero-order valence-electron chi connectivity index (χ0n) is 10.8. The van der Waals surface area contributed by atoms with E-state index in [1.807, 2.05) is 24.3 Å². The molecule has 3 nitrogen and oxygen atoms in total. The first-order valence-corrected chi connectivity index (χ1v) is 6.62. The predicted octanol–water partition coefficient (Wildman–Crippen LogP) is 2.48. The van der Waals surface area contributed by atoms with Crippen LogP contribution >= 0.6 is 0 Å². The number of rotatable bonds is 2. The SMILES string of the molecule is O=C(NC1(C(F)(F)F)CC1)C1CNc2ccccc2C1. The topological polar surface area (TPSA) is 41.1 Å². The van der Waals surface area contributed by atoms with E-state index in [4.69, 9.17) is 0 Å². The van der Waals surface area contributed by atoms with Gasteiger partial charge >= 0.3 is 6.18 Å². The van der Waals surface area contributed by atoms with Crippen molar-refractivity contribution in [1.29, 1.82) is 0 Å². The molecule has 0 saturated heterocycles. The number of carbonyl (C=O) groups excluding carboxylic acids is 1. The number of halogens is 3. The molecule has 0 bridgehead atoms. The molecular weight excluding hydrogens is 269 g/mol. The minimum absolute atomic E-state index is 0.0149. The second-order valence-electron chi connectivity index (χ2n) is 5.51. The summed E-state index contributed by atoms with van der Waals surface area (Å²) in [5, 5.41) is 5.30. The molecule has 108 valence electrons. The Kier molecular flexibility index (Phi) is 2.92. The minimum atomic E-state index is -4.36. The van der Waals surface area contributed by atoms with Gasteiger partial charge in [0, 0.05) is 12.2 Å². The molecule has 1 aromatic rings. The average molecular weight is 284 g/mol. The van der Waals surface area contributed by atoms with Gasteiger partial charge in [0.2, 0.25) is 5.91 Å². The van der Waals surface area contributed by atoms with E-state index in [1.165, 1.54) is 0 Å². The Hall–Kier alpha value is -1.72. The first-order chi connectivity index (χ1) is 9.41. The van der Waals surface area contributed by atoms with Gasteiger partial charge in [-0.15, -0.1) is 0 Å². The van der Waals surface area contributed by atoms with Gasteiger partial charge < -0.3 is 10.6 Å². The maximum atomic E-state index is 12.8. The molecule has 1 heterocycles. The van der Waals surface area contributed by atoms with Crippen LogP contribution in [-0.2, 0) is 11.2 Å². The molecule has 1 atom stereocenters. The Morgan fingerprint density at radius 1 is 1.30 bits per heavy atom. The lowest BCUT2D eigenvalue weighted by molar-refractivity contribution is -0.171. The van der Waals surface area contributed by atoms with Crippen molar-refractivity contribution in [3.63, 3.8) is 0 Å². The molecule has 1 unspecified atom stereocenters. The third-order valence-electron chi connectivity index (χ3n) is 4.05. The summed E-state index contributed by atoms with van der Waals surface area (Å²) in [6.45, 7) is 0.372. The molecule has 1 amide bonds. The lowest BCUT2D eigenvalue weighted by Gasteiger charge is -2.28. The average Bonchev–Trinajstić information content (AvgIpc) is 3.18. The summed E-state index contributed by atoms with van der Waals surface area (Å²) in [5.41, 5.74) is -0.0506. The maximum Gasteiger partial charge on any atom is 0.411 e. The van der Waals surface area contributed by atoms with Gasteiger partial charge in [0.1, 0.15) is 5.54 Å². The Morgan fingerprint density at radius 3 is 2.65 bits per heavy atom. The Morgan fingerprint density at radius 2 is 2.00 bits per heavy atom. The molecule has 1 aromatic carbocycles. The fourth-order valence-electron chi connectivity index (χ4n) is 2.57. The normalized spacial score (nSPS) is 23.4. The van der Waals surface area contributed by atoms with Crippen molar-refractivity contribution in [2.24, 2.45) is 5.92 Å². The lowest BCUT2D eigenvalue weighted by atomic mass is 9.93. The molecule has 1 fully saturated rings. The van der Waals surface area contributed by atoms with Crippen LogP contribution in [0, 0.1) is 5.92 Å². The number of benzene rings is 1. The molecule has 1 saturated carbocycles. The molecule has 20 heavy (non-hydrogen) atoms. The molecule has 6 heteroatoms. The van der Waals surface area contributed by atoms with E-state index in [0.717, 1.165) is 11.3 Å². The molecular formula is C14H15F3N2O. The number of hydrogen-bond donors (Lipinski definition) is 2. The molecule has 0 spiro atoms. The highest BCUT2D eigenvalue weighted by Gasteiger charge is 2.64. The molecule has 1 aliphatic heterocycles. The van der Waals surface area contributed by atoms with E-state index in [-0.39, 0.29) is 12.8 Å². The van der Waals surface area contributed by atoms with Crippen LogP contribution in [0.15, 0.2) is 24.3 Å². The van der Waals surface area contributed by atoms with Gasteiger partial charge in [-0.05, 0) is 30.9 Å². The fraction of sp³-hybridized carbons (Fsp3) is 0.500. The number of hydrogen-bond acceptors (Lipinski definition) is 2. The largest absolute Gasteiger partial charge is 0.411 e. The number of amides is 1. The smallest absolute Gasteiger partial charge is 0.384 e. The number of para-hydroxylation sites is 1. The maximum absolute atomic E-state index is 12.8. The first-order valence-electron chi connectivity index (χ1n) is 6.62. The van der Waals surface area contributed by atoms with Crippen molar-refractivity contribution in [3.05, 3.63) is 29.8 Å². The number of alkyl halides is 3. The molecule has 2 aliphatic rings. The summed E-state index contributed by atoms with van der Waals surface area (Å²) in [7, 11) is 0. The fourth-order valence-corrected chi connectivity index (χ4v) is 2.57. The van der Waals surface area contributed by atoms with Gasteiger partial charge in [-0.3, -0.25) is 4.79 Å². The van der Waals surface area contributed by atoms with Crippen molar-refractivity contribution in [2.75, 3.05) is 11.9 Å². The van der Waals surface area contributed by atoms with Crippen molar-refractivity contribution in [3.8, 4) is 0 Å². The van der Waals surface area contributed by atoms with E-state index in [9.17, 15) is 18.0 Å². The van der Waals surface area contributed by atoms with E-state index in [2.05, 4.69) is 10.6 Å². The first kappa shape index (κ1) is 13.3. The zero-order chi connectivity index (χ0) is 14.4. The van der Waals surface area contributed by atoms with E-state index in [1.54, 1.807) is 0 Å². The van der Waals surface area contributed by atoms with Crippen molar-refractivity contribution >= 4 is 11.6 Å². The van der Waals surface area contributed by atoms with Gasteiger partial charge in [-0.2, -0.15) is 13.2 Å². The van der Waals surface area contributed by atoms with Crippen molar-refractivity contribution in [1.82, 2.24) is 5.32 Å². The zero-order valence-corrected chi connectivity index (χ0v) is 10.8. The van der Waals surface area contributed by atoms with Crippen LogP contribution < -0.4 is 10.6 Å². The summed E-state index contributed by atoms with van der Waals surface area (Å²) in [6.07, 6.45) is -3.91. The second kappa shape index (κ2) is 4.40. The van der Waals surface area contributed by atoms with Gasteiger partial charge in [0.15, 0.2) is 0 Å². The molecule has 0 radical (unpaired) electrons. The lowest BCUT2D eigenvalue weighted by Crippen LogP contribution is -2.51. The Bertz CT molecular complexity index is 537. The van der Waals surface area contributed by atoms with Gasteiger partial charge in [0.05, 0.1) is 5.92 Å². The third-order valence-corrected chi connectivity index (χ3v) is 4.05. The van der Waals surface area contributed by atoms with E-state index in [0.29, 0.717) is 13.0 Å². The van der Waals surface area contributed by atoms with Crippen LogP contribution in [0.4, 0.5) is 18.9 Å². The minimum Gasteiger partial charge on any atom is -0.384 e. The quantitative estimate of drug-likeness (QED) is 0.876. The second-order valence-corrected chi connectivity index (χ2v) is 5.51. The Labute approximate surface area is 114 Å². The monoisotopic (exact) mass is 284 g/mol. The highest BCUT2D eigenvalue weighted by atomic mass is 19.4. The summed E-state index contributed by atoms with van der Waals surface area (Å²) in [5.74, 6) is -0.966. The highest BCUT2D eigenvalue weighted by molar-refractivity contribution is 5.82. The third kappa shape index (κ3) is 2.23. The highest BCUT2D eigenvalue weighted by Crippen LogP contribution is 2.49. The molecule has 3 rings (SSSR count). The molecule has 2 N–H and O–H groups in total. The van der Waals surface area contributed by atoms with Crippen LogP contribution in [-0.4, -0.2) is 24.2 Å². The van der Waals surface area contributed by atoms with Crippen LogP contribution in [0.25, 0.3) is 0 Å². The van der Waals surface area contributed by atoms with Gasteiger partial charge in [-0.25, -0.2) is 0 Å². The van der Waals surface area contributed by atoms with Crippen LogP contribution in [0.3, 0.4) is 0 Å². The van der Waals surface area contributed by atoms with Crippen molar-refractivity contribution < 1.29 is 18.0 Å². The summed E-state index contributed by atoms with van der Waals surface area (Å²) in [4.78, 5) is 12.1. The van der Waals surface area contributed by atoms with E-state index < -0.39 is 23.5 Å². The van der Waals surface area contributed by atoms with Crippen LogP contribution in [0.5, 0.6) is 0 Å². The predicted molar refractivity (Wildman–Crippen MR) is 68.3 cm³/mol. The van der Waals surface area contributed by atoms with Gasteiger partial charge in [-0.1, -0.05) is 18.2 Å². The summed E-state index contributed by atoms with van der Waals surface area (Å²) in [6, 6.07) is 7.54. The van der Waals surface area contributed by atoms with Crippen LogP contribution in [0.1, 0.15) is 18.4 Å². The number of carbonyl (C=O) groups is 1. The number of anilines is 1. The Balaban J connectivity index is 1.68. The van der Waals surface area contributed by atoms with Crippen molar-refractivity contribution in [2.45, 2.75) is 31.0 Å².